The Balaban J connectivity index is 2.48. The minimum Gasteiger partial charge on any atom is -0.481 e. The lowest BCUT2D eigenvalue weighted by Crippen LogP contribution is -2.62. The van der Waals surface area contributed by atoms with E-state index in [-0.39, 0.29) is 75.2 Å². The predicted molar refractivity (Wildman–Crippen MR) is 273 cm³/mol. The number of rotatable bonds is 33. The summed E-state index contributed by atoms with van der Waals surface area (Å²) in [5.41, 5.74) is 11.7. The second-order valence-electron chi connectivity index (χ2n) is 19.6. The van der Waals surface area contributed by atoms with Crippen molar-refractivity contribution in [1.82, 2.24) is 52.5 Å². The summed E-state index contributed by atoms with van der Waals surface area (Å²) in [6.07, 6.45) is 0.306. The Hall–Kier alpha value is -7.64. The number of carbonyl (C=O) groups excluding carboxylic acids is 8. The number of aromatic nitrogens is 2. The zero-order valence-corrected chi connectivity index (χ0v) is 43.8. The number of aromatic amines is 1. The van der Waals surface area contributed by atoms with Crippen molar-refractivity contribution < 1.29 is 63.3 Å². The van der Waals surface area contributed by atoms with Gasteiger partial charge in [0.2, 0.25) is 47.3 Å². The number of H-pyrrole nitrogens is 1. The van der Waals surface area contributed by atoms with Gasteiger partial charge in [0.15, 0.2) is 5.96 Å². The van der Waals surface area contributed by atoms with Crippen LogP contribution in [0.5, 0.6) is 0 Å². The SMILES string of the molecule is CC(=O)N[C@@H](CC(=O)O)C(=O)N[C@@H](CC(C)C)C(=O)N[C@H](C(=O)N[C@H](Cc1ccccc1)C(=O)N[C@@H](Cc1cnc[nH]1)C(=O)N[C@@H](CC(C)C)C(=O)N[C@@H](CC(C)C)C(=O)N[C@@H](CCCN=C(N)N)C(=O)O)[C@@H](C)O. The van der Waals surface area contributed by atoms with Crippen LogP contribution in [0, 0.1) is 17.8 Å². The number of nitrogens with zero attached hydrogens (tertiary/aromatic N) is 2. The minimum absolute atomic E-state index is 0.0190. The average molecular weight is 1060 g/mol. The molecule has 75 heavy (non-hydrogen) atoms. The van der Waals surface area contributed by atoms with Crippen LogP contribution in [0.25, 0.3) is 0 Å². The van der Waals surface area contributed by atoms with Crippen LogP contribution in [0.1, 0.15) is 105 Å². The third-order valence-electron chi connectivity index (χ3n) is 11.2. The van der Waals surface area contributed by atoms with Gasteiger partial charge in [-0.1, -0.05) is 71.9 Å². The molecule has 9 atom stereocenters. The molecule has 0 saturated heterocycles. The van der Waals surface area contributed by atoms with Gasteiger partial charge in [0.25, 0.3) is 0 Å². The van der Waals surface area contributed by atoms with Gasteiger partial charge in [-0.05, 0) is 62.3 Å². The Labute approximate surface area is 435 Å². The lowest BCUT2D eigenvalue weighted by molar-refractivity contribution is -0.142. The summed E-state index contributed by atoms with van der Waals surface area (Å²) >= 11 is 0. The first-order chi connectivity index (χ1) is 35.2. The first-order valence-corrected chi connectivity index (χ1v) is 24.8. The number of aliphatic carboxylic acids is 2. The van der Waals surface area contributed by atoms with Crippen LogP contribution < -0.4 is 54.0 Å². The molecule has 26 heteroatoms. The van der Waals surface area contributed by atoms with E-state index >= 15 is 0 Å². The van der Waals surface area contributed by atoms with Crippen molar-refractivity contribution in [2.75, 3.05) is 6.54 Å². The highest BCUT2D eigenvalue weighted by Crippen LogP contribution is 2.13. The highest BCUT2D eigenvalue weighted by atomic mass is 16.4. The zero-order valence-electron chi connectivity index (χ0n) is 43.8. The van der Waals surface area contributed by atoms with Gasteiger partial charge in [0, 0.05) is 38.2 Å². The number of nitrogens with two attached hydrogens (primary N) is 2. The maximum absolute atomic E-state index is 14.5. The Morgan fingerprint density at radius 3 is 1.45 bits per heavy atom. The molecule has 0 bridgehead atoms. The van der Waals surface area contributed by atoms with Crippen LogP contribution in [-0.2, 0) is 60.8 Å². The topological polar surface area (TPSA) is 421 Å². The van der Waals surface area contributed by atoms with Gasteiger partial charge in [-0.2, -0.15) is 0 Å². The van der Waals surface area contributed by atoms with Crippen LogP contribution in [0.4, 0.5) is 0 Å². The number of aliphatic hydroxyl groups excluding tert-OH is 1. The van der Waals surface area contributed by atoms with Crippen LogP contribution in [0.15, 0.2) is 47.8 Å². The summed E-state index contributed by atoms with van der Waals surface area (Å²) in [7, 11) is 0. The van der Waals surface area contributed by atoms with Crippen LogP contribution in [-0.4, -0.2) is 151 Å². The van der Waals surface area contributed by atoms with Gasteiger partial charge >= 0.3 is 11.9 Å². The van der Waals surface area contributed by atoms with Crippen molar-refractivity contribution in [2.24, 2.45) is 34.2 Å². The largest absolute Gasteiger partial charge is 0.481 e. The van der Waals surface area contributed by atoms with E-state index in [1.807, 2.05) is 0 Å². The van der Waals surface area contributed by atoms with Crippen molar-refractivity contribution in [3.05, 3.63) is 54.1 Å². The number of amides is 8. The number of carboxylic acid groups (broad SMARTS) is 2. The van der Waals surface area contributed by atoms with E-state index < -0.39 is 120 Å². The lowest BCUT2D eigenvalue weighted by Gasteiger charge is -2.29. The molecule has 0 aliphatic carbocycles. The highest BCUT2D eigenvalue weighted by molar-refractivity contribution is 5.98. The second kappa shape index (κ2) is 31.8. The van der Waals surface area contributed by atoms with Crippen molar-refractivity contribution in [1.29, 1.82) is 0 Å². The molecule has 2 rings (SSSR count). The molecule has 0 aliphatic rings. The molecule has 1 aromatic carbocycles. The average Bonchev–Trinajstić information content (AvgIpc) is 3.82. The summed E-state index contributed by atoms with van der Waals surface area (Å²) in [5, 5.41) is 50.3. The molecule has 1 heterocycles. The first-order valence-electron chi connectivity index (χ1n) is 24.8. The van der Waals surface area contributed by atoms with Crippen molar-refractivity contribution in [3.8, 4) is 0 Å². The quantitative estimate of drug-likeness (QED) is 0.0214. The number of carbonyl (C=O) groups is 10. The second-order valence-corrected chi connectivity index (χ2v) is 19.6. The van der Waals surface area contributed by atoms with E-state index in [0.29, 0.717) is 11.3 Å². The van der Waals surface area contributed by atoms with Gasteiger partial charge in [0.1, 0.15) is 48.3 Å². The summed E-state index contributed by atoms with van der Waals surface area (Å²) in [4.78, 5) is 144. The number of hydrogen-bond donors (Lipinski definition) is 14. The molecular formula is C49H77N13O13. The smallest absolute Gasteiger partial charge is 0.326 e. The fourth-order valence-corrected chi connectivity index (χ4v) is 7.67. The number of carboxylic acids is 2. The Kier molecular flexibility index (Phi) is 26.9. The van der Waals surface area contributed by atoms with E-state index in [1.165, 1.54) is 19.4 Å². The predicted octanol–water partition coefficient (Wildman–Crippen LogP) is -1.77. The number of aliphatic hydroxyl groups is 1. The third-order valence-corrected chi connectivity index (χ3v) is 11.2. The van der Waals surface area contributed by atoms with Crippen LogP contribution in [0.2, 0.25) is 0 Å². The maximum Gasteiger partial charge on any atom is 0.326 e. The summed E-state index contributed by atoms with van der Waals surface area (Å²) in [6, 6.07) is -3.02. The van der Waals surface area contributed by atoms with Crippen LogP contribution in [0.3, 0.4) is 0 Å². The van der Waals surface area contributed by atoms with E-state index in [1.54, 1.807) is 71.9 Å². The molecule has 0 radical (unpaired) electrons. The van der Waals surface area contributed by atoms with E-state index in [2.05, 4.69) is 57.5 Å². The summed E-state index contributed by atoms with van der Waals surface area (Å²) in [6.45, 7) is 13.0. The van der Waals surface area contributed by atoms with Crippen LogP contribution >= 0.6 is 0 Å². The van der Waals surface area contributed by atoms with Crippen molar-refractivity contribution in [2.45, 2.75) is 161 Å². The van der Waals surface area contributed by atoms with Gasteiger partial charge in [-0.15, -0.1) is 0 Å². The first kappa shape index (κ1) is 63.5. The van der Waals surface area contributed by atoms with Gasteiger partial charge < -0.3 is 74.3 Å². The normalized spacial score (nSPS) is 14.8. The fourth-order valence-electron chi connectivity index (χ4n) is 7.67. The number of hydrogen-bond acceptors (Lipinski definition) is 13. The molecule has 16 N–H and O–H groups in total. The van der Waals surface area contributed by atoms with Gasteiger partial charge in [-0.25, -0.2) is 9.78 Å². The number of imidazole rings is 1. The van der Waals surface area contributed by atoms with Crippen molar-refractivity contribution >= 4 is 65.2 Å². The van der Waals surface area contributed by atoms with Crippen molar-refractivity contribution in [3.63, 3.8) is 0 Å². The Morgan fingerprint density at radius 2 is 1.03 bits per heavy atom. The number of guanidine groups is 1. The molecule has 0 aliphatic heterocycles. The fraction of sp³-hybridized carbons (Fsp3) is 0.592. The summed E-state index contributed by atoms with van der Waals surface area (Å²) < 4.78 is 0. The molecular weight excluding hydrogens is 979 g/mol. The monoisotopic (exact) mass is 1060 g/mol. The lowest BCUT2D eigenvalue weighted by atomic mass is 9.99. The zero-order chi connectivity index (χ0) is 56.5. The molecule has 416 valence electrons. The minimum atomic E-state index is -1.74. The van der Waals surface area contributed by atoms with Gasteiger partial charge in [0.05, 0.1) is 18.9 Å². The number of benzene rings is 1. The molecule has 0 unspecified atom stereocenters. The maximum atomic E-state index is 14.5. The van der Waals surface area contributed by atoms with E-state index in [9.17, 15) is 63.3 Å². The molecule has 0 spiro atoms. The highest BCUT2D eigenvalue weighted by Gasteiger charge is 2.37. The molecule has 2 aromatic rings. The molecule has 1 aromatic heterocycles. The molecule has 0 fully saturated rings. The van der Waals surface area contributed by atoms with Gasteiger partial charge in [-0.3, -0.25) is 48.1 Å². The standard InChI is InChI=1S/C49H77N13O13/c1-25(2)17-33(41(67)56-32(48(74)75)15-12-16-53-49(50)51)57-42(68)34(18-26(3)4)58-44(70)37(21-31-23-52-24-54-31)60-43(69)36(20-30-13-10-9-11-14-30)61-47(73)40(28(7)63)62-46(72)35(19-27(5)6)59-45(71)38(22-39(65)66)55-29(8)64/h9-11,13-14,23-28,32-38,40,63H,12,15-22H2,1-8H3,(H,52,54)(H,55,64)(H,56,67)(H,57,68)(H,58,70)(H,59,71)(H,60,69)(H,61,73)(H,62,72)(H,65,66)(H,74,75)(H4,50,51,53)/t28-,32+,33+,34+,35+,36-,37+,38+,40+/m1/s1. The third kappa shape index (κ3) is 24.3. The Bertz CT molecular complexity index is 2240. The summed E-state index contributed by atoms with van der Waals surface area (Å²) in [5.74, 6) is -10.5. The number of nitrogens with one attached hydrogen (secondary N) is 9. The molecule has 0 saturated carbocycles. The Morgan fingerprint density at radius 1 is 0.587 bits per heavy atom. The van der Waals surface area contributed by atoms with E-state index in [0.717, 1.165) is 6.92 Å². The van der Waals surface area contributed by atoms with E-state index in [4.69, 9.17) is 11.5 Å². The molecule has 8 amide bonds. The number of aliphatic imine (C=N–C) groups is 1. The molecule has 26 nitrogen and oxygen atoms in total.